The molecule has 0 radical (unpaired) electrons. The zero-order chi connectivity index (χ0) is 16.9. The highest BCUT2D eigenvalue weighted by Gasteiger charge is 2.21. The maximum absolute atomic E-state index is 13.0. The molecule has 0 spiro atoms. The van der Waals surface area contributed by atoms with Crippen LogP contribution in [0.15, 0.2) is 24.3 Å². The number of rotatable bonds is 6. The summed E-state index contributed by atoms with van der Waals surface area (Å²) in [4.78, 5) is 4.43. The number of piperazine rings is 1. The van der Waals surface area contributed by atoms with Crippen LogP contribution in [0.1, 0.15) is 13.8 Å². The Morgan fingerprint density at radius 1 is 1.26 bits per heavy atom. The van der Waals surface area contributed by atoms with Crippen molar-refractivity contribution in [2.75, 3.05) is 44.2 Å². The zero-order valence-corrected chi connectivity index (χ0v) is 13.8. The topological polar surface area (TPSA) is 35.9 Å². The largest absolute Gasteiger partial charge is 0.389 e. The Bertz CT molecular complexity index is 531. The van der Waals surface area contributed by atoms with Gasteiger partial charge in [-0.2, -0.15) is 0 Å². The molecular formula is C18H25FN2O2. The number of benzene rings is 1. The molecule has 1 aliphatic rings. The molecule has 0 saturated carbocycles. The first-order valence-corrected chi connectivity index (χ1v) is 7.92. The van der Waals surface area contributed by atoms with Crippen molar-refractivity contribution in [1.82, 2.24) is 4.90 Å². The molecule has 0 aliphatic carbocycles. The highest BCUT2D eigenvalue weighted by Crippen LogP contribution is 2.17. The number of ether oxygens (including phenoxy) is 1. The summed E-state index contributed by atoms with van der Waals surface area (Å²) in [5.74, 6) is 2.33. The van der Waals surface area contributed by atoms with Gasteiger partial charge in [0.05, 0.1) is 12.7 Å². The van der Waals surface area contributed by atoms with E-state index in [2.05, 4.69) is 15.7 Å². The Morgan fingerprint density at radius 3 is 2.43 bits per heavy atom. The molecule has 1 aliphatic heterocycles. The van der Waals surface area contributed by atoms with Gasteiger partial charge in [0, 0.05) is 38.4 Å². The van der Waals surface area contributed by atoms with Crippen LogP contribution in [0.4, 0.5) is 10.1 Å². The number of aliphatic hydroxyl groups excluding tert-OH is 1. The van der Waals surface area contributed by atoms with Gasteiger partial charge >= 0.3 is 0 Å². The second-order valence-corrected chi connectivity index (χ2v) is 6.38. The van der Waals surface area contributed by atoms with Gasteiger partial charge in [0.1, 0.15) is 11.4 Å². The van der Waals surface area contributed by atoms with Crippen LogP contribution in [0.3, 0.4) is 0 Å². The maximum atomic E-state index is 13.0. The number of aliphatic hydroxyl groups is 1. The van der Waals surface area contributed by atoms with Crippen LogP contribution in [0.25, 0.3) is 0 Å². The maximum Gasteiger partial charge on any atom is 0.123 e. The van der Waals surface area contributed by atoms with Crippen molar-refractivity contribution < 1.29 is 14.2 Å². The molecule has 1 saturated heterocycles. The first-order valence-electron chi connectivity index (χ1n) is 7.92. The van der Waals surface area contributed by atoms with Gasteiger partial charge in [-0.1, -0.05) is 5.92 Å². The minimum absolute atomic E-state index is 0.217. The molecule has 4 nitrogen and oxygen atoms in total. The Labute approximate surface area is 137 Å². The smallest absolute Gasteiger partial charge is 0.123 e. The minimum Gasteiger partial charge on any atom is -0.389 e. The summed E-state index contributed by atoms with van der Waals surface area (Å²) in [5, 5.41) is 10.1. The molecule has 1 aromatic rings. The first kappa shape index (κ1) is 17.7. The fraction of sp³-hybridized carbons (Fsp3) is 0.556. The quantitative estimate of drug-likeness (QED) is 0.810. The summed E-state index contributed by atoms with van der Waals surface area (Å²) < 4.78 is 18.5. The Balaban J connectivity index is 1.74. The van der Waals surface area contributed by atoms with E-state index in [0.717, 1.165) is 31.9 Å². The lowest BCUT2D eigenvalue weighted by Crippen LogP contribution is -2.49. The average molecular weight is 320 g/mol. The molecule has 1 aromatic carbocycles. The summed E-state index contributed by atoms with van der Waals surface area (Å²) in [6, 6.07) is 6.57. The average Bonchev–Trinajstić information content (AvgIpc) is 2.55. The zero-order valence-electron chi connectivity index (χ0n) is 13.8. The van der Waals surface area contributed by atoms with E-state index in [1.807, 2.05) is 0 Å². The van der Waals surface area contributed by atoms with Gasteiger partial charge in [-0.15, -0.1) is 6.42 Å². The van der Waals surface area contributed by atoms with Gasteiger partial charge in [-0.3, -0.25) is 4.90 Å². The summed E-state index contributed by atoms with van der Waals surface area (Å²) >= 11 is 0. The van der Waals surface area contributed by atoms with E-state index in [1.165, 1.54) is 12.1 Å². The molecular weight excluding hydrogens is 295 g/mol. The lowest BCUT2D eigenvalue weighted by atomic mass is 10.1. The monoisotopic (exact) mass is 320 g/mol. The Kier molecular flexibility index (Phi) is 6.00. The molecule has 1 unspecified atom stereocenters. The number of β-amino-alcohol motifs (C(OH)–C–C–N with tert-alkyl or cyclic N) is 1. The van der Waals surface area contributed by atoms with Crippen LogP contribution in [0.2, 0.25) is 0 Å². The standard InChI is InChI=1S/C18H25FN2O2/c1-4-18(2,3)23-14-17(22)13-20-9-11-21(12-10-20)16-7-5-15(19)6-8-16/h1,5-8,17,22H,9-14H2,2-3H3. The predicted octanol–water partition coefficient (Wildman–Crippen LogP) is 1.74. The first-order chi connectivity index (χ1) is 10.9. The van der Waals surface area contributed by atoms with Crippen molar-refractivity contribution in [3.05, 3.63) is 30.1 Å². The Hall–Kier alpha value is -1.61. The fourth-order valence-corrected chi connectivity index (χ4v) is 2.54. The van der Waals surface area contributed by atoms with Gasteiger partial charge < -0.3 is 14.7 Å². The van der Waals surface area contributed by atoms with Crippen molar-refractivity contribution in [2.45, 2.75) is 25.6 Å². The van der Waals surface area contributed by atoms with E-state index < -0.39 is 11.7 Å². The second kappa shape index (κ2) is 7.78. The van der Waals surface area contributed by atoms with Gasteiger partial charge in [0.15, 0.2) is 0 Å². The molecule has 2 rings (SSSR count). The van der Waals surface area contributed by atoms with Crippen LogP contribution in [-0.4, -0.2) is 61.0 Å². The molecule has 0 bridgehead atoms. The van der Waals surface area contributed by atoms with Gasteiger partial charge in [-0.25, -0.2) is 4.39 Å². The second-order valence-electron chi connectivity index (χ2n) is 6.38. The van der Waals surface area contributed by atoms with Crippen molar-refractivity contribution in [3.8, 4) is 12.3 Å². The molecule has 126 valence electrons. The van der Waals surface area contributed by atoms with Gasteiger partial charge in [0.2, 0.25) is 0 Å². The van der Waals surface area contributed by atoms with Gasteiger partial charge in [-0.05, 0) is 38.1 Å². The van der Waals surface area contributed by atoms with Crippen LogP contribution in [0.5, 0.6) is 0 Å². The normalized spacial score (nSPS) is 17.8. The lowest BCUT2D eigenvalue weighted by molar-refractivity contribution is -0.0376. The third kappa shape index (κ3) is 5.51. The summed E-state index contributed by atoms with van der Waals surface area (Å²) in [7, 11) is 0. The molecule has 0 amide bonds. The minimum atomic E-state index is -0.651. The summed E-state index contributed by atoms with van der Waals surface area (Å²) in [6.07, 6.45) is 4.81. The van der Waals surface area contributed by atoms with E-state index >= 15 is 0 Å². The Morgan fingerprint density at radius 2 is 1.87 bits per heavy atom. The fourth-order valence-electron chi connectivity index (χ4n) is 2.54. The van der Waals surface area contributed by atoms with E-state index in [4.69, 9.17) is 11.2 Å². The van der Waals surface area contributed by atoms with Crippen molar-refractivity contribution in [1.29, 1.82) is 0 Å². The molecule has 1 atom stereocenters. The lowest BCUT2D eigenvalue weighted by Gasteiger charge is -2.37. The number of hydrogen-bond acceptors (Lipinski definition) is 4. The van der Waals surface area contributed by atoms with Crippen molar-refractivity contribution in [3.63, 3.8) is 0 Å². The van der Waals surface area contributed by atoms with Crippen LogP contribution in [-0.2, 0) is 4.74 Å². The third-order valence-corrected chi connectivity index (χ3v) is 4.02. The highest BCUT2D eigenvalue weighted by molar-refractivity contribution is 5.46. The van der Waals surface area contributed by atoms with Crippen LogP contribution >= 0.6 is 0 Å². The number of anilines is 1. The molecule has 1 N–H and O–H groups in total. The molecule has 0 aromatic heterocycles. The van der Waals surface area contributed by atoms with E-state index in [0.29, 0.717) is 6.54 Å². The molecule has 23 heavy (non-hydrogen) atoms. The van der Waals surface area contributed by atoms with E-state index in [9.17, 15) is 9.50 Å². The predicted molar refractivity (Wildman–Crippen MR) is 89.9 cm³/mol. The number of nitrogens with zero attached hydrogens (tertiary/aromatic N) is 2. The number of halogens is 1. The molecule has 1 fully saturated rings. The summed E-state index contributed by atoms with van der Waals surface area (Å²) in [6.45, 7) is 7.83. The van der Waals surface area contributed by atoms with Gasteiger partial charge in [0.25, 0.3) is 0 Å². The van der Waals surface area contributed by atoms with Crippen molar-refractivity contribution in [2.24, 2.45) is 0 Å². The SMILES string of the molecule is C#CC(C)(C)OCC(O)CN1CCN(c2ccc(F)cc2)CC1. The van der Waals surface area contributed by atoms with Crippen molar-refractivity contribution >= 4 is 5.69 Å². The molecule has 1 heterocycles. The van der Waals surface area contributed by atoms with E-state index in [-0.39, 0.29) is 12.4 Å². The van der Waals surface area contributed by atoms with Crippen LogP contribution in [0, 0.1) is 18.2 Å². The van der Waals surface area contributed by atoms with E-state index in [1.54, 1.807) is 26.0 Å². The number of terminal acetylenes is 1. The number of hydrogen-bond donors (Lipinski definition) is 1. The molecule has 5 heteroatoms. The highest BCUT2D eigenvalue weighted by atomic mass is 19.1. The van der Waals surface area contributed by atoms with Crippen LogP contribution < -0.4 is 4.90 Å². The summed E-state index contributed by atoms with van der Waals surface area (Å²) in [5.41, 5.74) is 0.383. The third-order valence-electron chi connectivity index (χ3n) is 4.02.